The van der Waals surface area contributed by atoms with E-state index in [1.165, 1.54) is 6.33 Å². The Kier molecular flexibility index (Phi) is 1.41. The van der Waals surface area contributed by atoms with Gasteiger partial charge in [-0.25, -0.2) is 5.84 Å². The zero-order chi connectivity index (χ0) is 8.55. The molecule has 0 aliphatic carbocycles. The van der Waals surface area contributed by atoms with Crippen LogP contribution in [0.25, 0.3) is 5.65 Å². The molecule has 12 heavy (non-hydrogen) atoms. The number of aromatic nitrogens is 4. The Hall–Kier alpha value is -1.69. The van der Waals surface area contributed by atoms with Crippen molar-refractivity contribution in [3.8, 4) is 0 Å². The van der Waals surface area contributed by atoms with Gasteiger partial charge in [-0.1, -0.05) is 0 Å². The smallest absolute Gasteiger partial charge is 0.180 e. The maximum absolute atomic E-state index is 5.21. The van der Waals surface area contributed by atoms with Crippen LogP contribution in [0.15, 0.2) is 12.4 Å². The number of hydrogen-bond acceptors (Lipinski definition) is 5. The standard InChI is InChI=1S/C6H8N6/c1-4-2-5(9-7)11-12-3-8-10-6(4)12/h2-3H,7H2,1H3,(H,9,11). The lowest BCUT2D eigenvalue weighted by Gasteiger charge is -2.00. The fraction of sp³-hybridized carbons (Fsp3) is 0.167. The minimum absolute atomic E-state index is 0.597. The Labute approximate surface area is 68.4 Å². The van der Waals surface area contributed by atoms with E-state index in [0.717, 1.165) is 11.2 Å². The first kappa shape index (κ1) is 6.99. The molecule has 0 aliphatic heterocycles. The molecule has 2 aromatic rings. The molecule has 2 rings (SSSR count). The van der Waals surface area contributed by atoms with E-state index in [4.69, 9.17) is 5.84 Å². The van der Waals surface area contributed by atoms with Gasteiger partial charge in [0, 0.05) is 0 Å². The van der Waals surface area contributed by atoms with Crippen LogP contribution in [0.2, 0.25) is 0 Å². The van der Waals surface area contributed by atoms with Crippen LogP contribution in [0.5, 0.6) is 0 Å². The first-order valence-electron chi connectivity index (χ1n) is 3.45. The van der Waals surface area contributed by atoms with Crippen molar-refractivity contribution in [2.75, 3.05) is 5.43 Å². The molecule has 0 spiro atoms. The Bertz CT molecular complexity index is 405. The van der Waals surface area contributed by atoms with Crippen molar-refractivity contribution in [3.05, 3.63) is 18.0 Å². The normalized spacial score (nSPS) is 10.5. The van der Waals surface area contributed by atoms with Crippen LogP contribution in [0.4, 0.5) is 5.82 Å². The summed E-state index contributed by atoms with van der Waals surface area (Å²) in [5.41, 5.74) is 4.19. The van der Waals surface area contributed by atoms with Crippen molar-refractivity contribution in [3.63, 3.8) is 0 Å². The summed E-state index contributed by atoms with van der Waals surface area (Å²) in [6.45, 7) is 1.92. The molecule has 62 valence electrons. The molecule has 0 amide bonds. The number of anilines is 1. The summed E-state index contributed by atoms with van der Waals surface area (Å²) in [6.07, 6.45) is 1.53. The summed E-state index contributed by atoms with van der Waals surface area (Å²) in [4.78, 5) is 0. The molecule has 6 nitrogen and oxygen atoms in total. The summed E-state index contributed by atoms with van der Waals surface area (Å²) in [6, 6.07) is 1.81. The molecule has 0 fully saturated rings. The van der Waals surface area contributed by atoms with E-state index >= 15 is 0 Å². The number of hydrazine groups is 1. The van der Waals surface area contributed by atoms with Gasteiger partial charge in [0.15, 0.2) is 11.5 Å². The molecule has 0 unspecified atom stereocenters. The van der Waals surface area contributed by atoms with E-state index in [1.54, 1.807) is 4.52 Å². The molecule has 2 heterocycles. The van der Waals surface area contributed by atoms with Crippen LogP contribution in [0.3, 0.4) is 0 Å². The molecule has 0 bridgehead atoms. The first-order chi connectivity index (χ1) is 5.81. The monoisotopic (exact) mass is 164 g/mol. The van der Waals surface area contributed by atoms with Crippen molar-refractivity contribution in [1.82, 2.24) is 19.8 Å². The third-order valence-electron chi connectivity index (χ3n) is 1.60. The highest BCUT2D eigenvalue weighted by molar-refractivity contribution is 5.50. The largest absolute Gasteiger partial charge is 0.307 e. The first-order valence-corrected chi connectivity index (χ1v) is 3.45. The van der Waals surface area contributed by atoms with E-state index in [9.17, 15) is 0 Å². The highest BCUT2D eigenvalue weighted by atomic mass is 15.4. The second-order valence-corrected chi connectivity index (χ2v) is 2.46. The van der Waals surface area contributed by atoms with Crippen molar-refractivity contribution in [2.45, 2.75) is 6.92 Å². The molecular formula is C6H8N6. The molecule has 3 N–H and O–H groups in total. The molecule has 6 heteroatoms. The number of hydrogen-bond donors (Lipinski definition) is 2. The number of fused-ring (bicyclic) bond motifs is 1. The maximum atomic E-state index is 5.21. The van der Waals surface area contributed by atoms with Crippen LogP contribution in [-0.4, -0.2) is 19.8 Å². The molecule has 0 radical (unpaired) electrons. The zero-order valence-electron chi connectivity index (χ0n) is 6.52. The van der Waals surface area contributed by atoms with Crippen molar-refractivity contribution >= 4 is 11.5 Å². The Balaban J connectivity index is 2.75. The number of nitrogens with zero attached hydrogens (tertiary/aromatic N) is 4. The van der Waals surface area contributed by atoms with Crippen LogP contribution < -0.4 is 11.3 Å². The lowest BCUT2D eigenvalue weighted by Crippen LogP contribution is -2.10. The lowest BCUT2D eigenvalue weighted by atomic mass is 10.3. The highest BCUT2D eigenvalue weighted by Gasteiger charge is 2.01. The molecule has 0 saturated carbocycles. The Morgan fingerprint density at radius 1 is 1.58 bits per heavy atom. The topological polar surface area (TPSA) is 81.1 Å². The van der Waals surface area contributed by atoms with Gasteiger partial charge in [0.2, 0.25) is 0 Å². The third kappa shape index (κ3) is 0.892. The maximum Gasteiger partial charge on any atom is 0.180 e. The van der Waals surface area contributed by atoms with E-state index in [2.05, 4.69) is 20.7 Å². The van der Waals surface area contributed by atoms with Gasteiger partial charge in [-0.15, -0.1) is 15.3 Å². The van der Waals surface area contributed by atoms with Crippen LogP contribution in [0.1, 0.15) is 5.56 Å². The van der Waals surface area contributed by atoms with Gasteiger partial charge in [-0.2, -0.15) is 4.52 Å². The van der Waals surface area contributed by atoms with Gasteiger partial charge in [0.25, 0.3) is 0 Å². The fourth-order valence-electron chi connectivity index (χ4n) is 1.05. The molecule has 0 atom stereocenters. The lowest BCUT2D eigenvalue weighted by molar-refractivity contribution is 0.918. The predicted molar refractivity (Wildman–Crippen MR) is 43.3 cm³/mol. The van der Waals surface area contributed by atoms with Gasteiger partial charge >= 0.3 is 0 Å². The second kappa shape index (κ2) is 2.42. The molecule has 2 aromatic heterocycles. The SMILES string of the molecule is Cc1cc(NN)nn2cnnc12. The van der Waals surface area contributed by atoms with Gasteiger partial charge in [0.1, 0.15) is 6.33 Å². The van der Waals surface area contributed by atoms with Gasteiger partial charge < -0.3 is 5.43 Å². The summed E-state index contributed by atoms with van der Waals surface area (Å²) < 4.78 is 1.57. The van der Waals surface area contributed by atoms with Crippen molar-refractivity contribution in [1.29, 1.82) is 0 Å². The zero-order valence-corrected chi connectivity index (χ0v) is 6.52. The third-order valence-corrected chi connectivity index (χ3v) is 1.60. The number of aryl methyl sites for hydroxylation is 1. The molecular weight excluding hydrogens is 156 g/mol. The van der Waals surface area contributed by atoms with E-state index in [1.807, 2.05) is 13.0 Å². The number of nitrogens with one attached hydrogen (secondary N) is 1. The van der Waals surface area contributed by atoms with Crippen LogP contribution in [-0.2, 0) is 0 Å². The Morgan fingerprint density at radius 2 is 2.42 bits per heavy atom. The fourth-order valence-corrected chi connectivity index (χ4v) is 1.05. The highest BCUT2D eigenvalue weighted by Crippen LogP contribution is 2.08. The van der Waals surface area contributed by atoms with Crippen LogP contribution in [0, 0.1) is 6.92 Å². The van der Waals surface area contributed by atoms with Gasteiger partial charge in [-0.05, 0) is 18.6 Å². The molecule has 0 aliphatic rings. The second-order valence-electron chi connectivity index (χ2n) is 2.46. The Morgan fingerprint density at radius 3 is 3.17 bits per heavy atom. The number of nitrogen functional groups attached to an aromatic ring is 1. The molecule has 0 saturated heterocycles. The summed E-state index contributed by atoms with van der Waals surface area (Å²) in [5.74, 6) is 5.81. The minimum Gasteiger partial charge on any atom is -0.307 e. The van der Waals surface area contributed by atoms with Crippen molar-refractivity contribution < 1.29 is 0 Å². The predicted octanol–water partition coefficient (Wildman–Crippen LogP) is -0.282. The van der Waals surface area contributed by atoms with E-state index in [0.29, 0.717) is 5.82 Å². The number of rotatable bonds is 1. The summed E-state index contributed by atoms with van der Waals surface area (Å²) >= 11 is 0. The van der Waals surface area contributed by atoms with Gasteiger partial charge in [0.05, 0.1) is 0 Å². The van der Waals surface area contributed by atoms with Crippen LogP contribution >= 0.6 is 0 Å². The van der Waals surface area contributed by atoms with Gasteiger partial charge in [-0.3, -0.25) is 0 Å². The average Bonchev–Trinajstić information content (AvgIpc) is 2.52. The number of nitrogens with two attached hydrogens (primary N) is 1. The van der Waals surface area contributed by atoms with E-state index in [-0.39, 0.29) is 0 Å². The summed E-state index contributed by atoms with van der Waals surface area (Å²) in [5, 5.41) is 11.7. The van der Waals surface area contributed by atoms with E-state index < -0.39 is 0 Å². The quantitative estimate of drug-likeness (QED) is 0.447. The minimum atomic E-state index is 0.597. The summed E-state index contributed by atoms with van der Waals surface area (Å²) in [7, 11) is 0. The van der Waals surface area contributed by atoms with Crippen molar-refractivity contribution in [2.24, 2.45) is 5.84 Å². The average molecular weight is 164 g/mol. The molecule has 0 aromatic carbocycles.